The molecule has 1 amide bonds. The number of hydrogen-bond acceptors (Lipinski definition) is 3. The highest BCUT2D eigenvalue weighted by atomic mass is 16.5. The Kier molecular flexibility index (Phi) is 6.36. The molecule has 4 heteroatoms. The Morgan fingerprint density at radius 2 is 2.11 bits per heavy atom. The van der Waals surface area contributed by atoms with Gasteiger partial charge in [-0.15, -0.1) is 0 Å². The van der Waals surface area contributed by atoms with Crippen molar-refractivity contribution < 1.29 is 9.53 Å². The molecule has 1 aromatic rings. The second kappa shape index (κ2) is 7.79. The largest absolute Gasteiger partial charge is 0.491 e. The molecule has 0 aromatic heterocycles. The molecule has 3 N–H and O–H groups in total. The summed E-state index contributed by atoms with van der Waals surface area (Å²) < 4.78 is 5.61. The summed E-state index contributed by atoms with van der Waals surface area (Å²) in [4.78, 5) is 11.7. The second-order valence-corrected chi connectivity index (χ2v) is 4.94. The first-order valence-electron chi connectivity index (χ1n) is 6.80. The van der Waals surface area contributed by atoms with Crippen LogP contribution in [-0.2, 0) is 4.79 Å². The number of unbranched alkanes of at least 4 members (excludes halogenated alkanes) is 1. The van der Waals surface area contributed by atoms with Gasteiger partial charge in [-0.3, -0.25) is 4.79 Å². The van der Waals surface area contributed by atoms with Gasteiger partial charge in [-0.2, -0.15) is 0 Å². The molecule has 0 aliphatic heterocycles. The monoisotopic (exact) mass is 264 g/mol. The van der Waals surface area contributed by atoms with E-state index in [1.54, 1.807) is 0 Å². The van der Waals surface area contributed by atoms with E-state index >= 15 is 0 Å². The zero-order valence-corrected chi connectivity index (χ0v) is 12.0. The Bertz CT molecular complexity index is 417. The van der Waals surface area contributed by atoms with Gasteiger partial charge in [0.25, 0.3) is 0 Å². The van der Waals surface area contributed by atoms with E-state index in [9.17, 15) is 4.79 Å². The molecule has 0 fully saturated rings. The SMILES string of the molecule is Cc1cc(OC(C)C)ccc1NC(=O)CCCCN. The Morgan fingerprint density at radius 3 is 2.68 bits per heavy atom. The van der Waals surface area contributed by atoms with Gasteiger partial charge in [-0.25, -0.2) is 0 Å². The van der Waals surface area contributed by atoms with Crippen LogP contribution < -0.4 is 15.8 Å². The number of carbonyl (C=O) groups is 1. The summed E-state index contributed by atoms with van der Waals surface area (Å²) in [5, 5.41) is 2.91. The number of amides is 1. The molecule has 0 saturated carbocycles. The number of carbonyl (C=O) groups excluding carboxylic acids is 1. The molecule has 0 radical (unpaired) electrons. The Labute approximate surface area is 115 Å². The smallest absolute Gasteiger partial charge is 0.224 e. The standard InChI is InChI=1S/C15H24N2O2/c1-11(2)19-13-7-8-14(12(3)10-13)17-15(18)6-4-5-9-16/h7-8,10-11H,4-6,9,16H2,1-3H3,(H,17,18). The number of nitrogens with one attached hydrogen (secondary N) is 1. The van der Waals surface area contributed by atoms with Gasteiger partial charge >= 0.3 is 0 Å². The highest BCUT2D eigenvalue weighted by Gasteiger charge is 2.06. The lowest BCUT2D eigenvalue weighted by Crippen LogP contribution is -2.13. The average molecular weight is 264 g/mol. The fourth-order valence-electron chi connectivity index (χ4n) is 1.76. The molecule has 0 aliphatic carbocycles. The van der Waals surface area contributed by atoms with Gasteiger partial charge in [-0.05, 0) is 63.9 Å². The van der Waals surface area contributed by atoms with Gasteiger partial charge in [0.05, 0.1) is 6.10 Å². The van der Waals surface area contributed by atoms with Crippen LogP contribution in [0.2, 0.25) is 0 Å². The van der Waals surface area contributed by atoms with Crippen LogP contribution in [-0.4, -0.2) is 18.6 Å². The van der Waals surface area contributed by atoms with E-state index < -0.39 is 0 Å². The van der Waals surface area contributed by atoms with Gasteiger partial charge < -0.3 is 15.8 Å². The van der Waals surface area contributed by atoms with Gasteiger partial charge in [0.1, 0.15) is 5.75 Å². The molecule has 0 heterocycles. The molecule has 0 bridgehead atoms. The first kappa shape index (κ1) is 15.5. The number of ether oxygens (including phenoxy) is 1. The summed E-state index contributed by atoms with van der Waals surface area (Å²) in [6, 6.07) is 5.70. The molecule has 106 valence electrons. The van der Waals surface area contributed by atoms with Crippen molar-refractivity contribution in [2.75, 3.05) is 11.9 Å². The van der Waals surface area contributed by atoms with Crippen LogP contribution in [0.15, 0.2) is 18.2 Å². The highest BCUT2D eigenvalue weighted by Crippen LogP contribution is 2.22. The average Bonchev–Trinajstić information content (AvgIpc) is 2.32. The minimum Gasteiger partial charge on any atom is -0.491 e. The molecule has 0 saturated heterocycles. The maximum atomic E-state index is 11.7. The summed E-state index contributed by atoms with van der Waals surface area (Å²) in [6.07, 6.45) is 2.38. The van der Waals surface area contributed by atoms with E-state index in [4.69, 9.17) is 10.5 Å². The number of benzene rings is 1. The molecule has 0 atom stereocenters. The van der Waals surface area contributed by atoms with Gasteiger partial charge in [0.15, 0.2) is 0 Å². The first-order valence-corrected chi connectivity index (χ1v) is 6.80. The van der Waals surface area contributed by atoms with Crippen molar-refractivity contribution in [1.29, 1.82) is 0 Å². The van der Waals surface area contributed by atoms with E-state index in [1.807, 2.05) is 39.0 Å². The topological polar surface area (TPSA) is 64.3 Å². The Hall–Kier alpha value is -1.55. The van der Waals surface area contributed by atoms with Crippen LogP contribution in [0.4, 0.5) is 5.69 Å². The fourth-order valence-corrected chi connectivity index (χ4v) is 1.76. The minimum absolute atomic E-state index is 0.0362. The lowest BCUT2D eigenvalue weighted by Gasteiger charge is -2.13. The van der Waals surface area contributed by atoms with Crippen LogP contribution in [0.5, 0.6) is 5.75 Å². The number of anilines is 1. The van der Waals surface area contributed by atoms with E-state index in [0.29, 0.717) is 13.0 Å². The van der Waals surface area contributed by atoms with Crippen LogP contribution in [0.1, 0.15) is 38.7 Å². The predicted molar refractivity (Wildman–Crippen MR) is 78.5 cm³/mol. The number of hydrogen-bond donors (Lipinski definition) is 2. The Morgan fingerprint density at radius 1 is 1.37 bits per heavy atom. The lowest BCUT2D eigenvalue weighted by molar-refractivity contribution is -0.116. The summed E-state index contributed by atoms with van der Waals surface area (Å²) in [7, 11) is 0. The van der Waals surface area contributed by atoms with E-state index in [0.717, 1.165) is 29.8 Å². The molecule has 0 unspecified atom stereocenters. The van der Waals surface area contributed by atoms with E-state index in [-0.39, 0.29) is 12.0 Å². The molecule has 19 heavy (non-hydrogen) atoms. The third kappa shape index (κ3) is 5.75. The molecular formula is C15H24N2O2. The molecule has 1 aromatic carbocycles. The van der Waals surface area contributed by atoms with Gasteiger partial charge in [0, 0.05) is 12.1 Å². The van der Waals surface area contributed by atoms with E-state index in [2.05, 4.69) is 5.32 Å². The summed E-state index contributed by atoms with van der Waals surface area (Å²) >= 11 is 0. The van der Waals surface area contributed by atoms with Crippen molar-refractivity contribution >= 4 is 11.6 Å². The zero-order valence-electron chi connectivity index (χ0n) is 12.0. The van der Waals surface area contributed by atoms with Crippen molar-refractivity contribution in [3.8, 4) is 5.75 Å². The van der Waals surface area contributed by atoms with Gasteiger partial charge in [0.2, 0.25) is 5.91 Å². The summed E-state index contributed by atoms with van der Waals surface area (Å²) in [5.74, 6) is 0.864. The highest BCUT2D eigenvalue weighted by molar-refractivity contribution is 5.91. The second-order valence-electron chi connectivity index (χ2n) is 4.94. The number of rotatable bonds is 7. The van der Waals surface area contributed by atoms with Crippen molar-refractivity contribution in [1.82, 2.24) is 0 Å². The maximum Gasteiger partial charge on any atom is 0.224 e. The summed E-state index contributed by atoms with van der Waals surface area (Å²) in [5.41, 5.74) is 7.25. The third-order valence-electron chi connectivity index (χ3n) is 2.70. The minimum atomic E-state index is 0.0362. The van der Waals surface area contributed by atoms with Crippen LogP contribution in [0.3, 0.4) is 0 Å². The van der Waals surface area contributed by atoms with Crippen molar-refractivity contribution in [3.05, 3.63) is 23.8 Å². The summed E-state index contributed by atoms with van der Waals surface area (Å²) in [6.45, 7) is 6.57. The van der Waals surface area contributed by atoms with Crippen molar-refractivity contribution in [3.63, 3.8) is 0 Å². The predicted octanol–water partition coefficient (Wildman–Crippen LogP) is 2.85. The molecular weight excluding hydrogens is 240 g/mol. The van der Waals surface area contributed by atoms with Gasteiger partial charge in [-0.1, -0.05) is 0 Å². The van der Waals surface area contributed by atoms with E-state index in [1.165, 1.54) is 0 Å². The van der Waals surface area contributed by atoms with Crippen molar-refractivity contribution in [2.45, 2.75) is 46.1 Å². The zero-order chi connectivity index (χ0) is 14.3. The molecule has 4 nitrogen and oxygen atoms in total. The molecule has 0 aliphatic rings. The number of nitrogens with two attached hydrogens (primary N) is 1. The third-order valence-corrected chi connectivity index (χ3v) is 2.70. The Balaban J connectivity index is 2.57. The number of aryl methyl sites for hydroxylation is 1. The normalized spacial score (nSPS) is 10.6. The maximum absolute atomic E-state index is 11.7. The van der Waals surface area contributed by atoms with Crippen LogP contribution in [0.25, 0.3) is 0 Å². The van der Waals surface area contributed by atoms with Crippen LogP contribution >= 0.6 is 0 Å². The molecule has 1 rings (SSSR count). The fraction of sp³-hybridized carbons (Fsp3) is 0.533. The molecule has 0 spiro atoms. The quantitative estimate of drug-likeness (QED) is 0.744. The first-order chi connectivity index (χ1) is 9.02. The van der Waals surface area contributed by atoms with Crippen LogP contribution in [0, 0.1) is 6.92 Å². The lowest BCUT2D eigenvalue weighted by atomic mass is 10.1. The van der Waals surface area contributed by atoms with Crippen molar-refractivity contribution in [2.24, 2.45) is 5.73 Å².